The SMILES string of the molecule is CCCOc1ccc(-c2ccc(CNC3CC3)c(=O)[nH]2)cc1. The van der Waals surface area contributed by atoms with E-state index in [1.54, 1.807) is 0 Å². The Kier molecular flexibility index (Phi) is 4.59. The summed E-state index contributed by atoms with van der Waals surface area (Å²) in [5.41, 5.74) is 2.60. The average molecular weight is 298 g/mol. The molecule has 1 aromatic carbocycles. The lowest BCUT2D eigenvalue weighted by molar-refractivity contribution is 0.317. The Bertz CT molecular complexity index is 672. The lowest BCUT2D eigenvalue weighted by Crippen LogP contribution is -2.22. The molecule has 1 fully saturated rings. The summed E-state index contributed by atoms with van der Waals surface area (Å²) in [5.74, 6) is 0.859. The normalized spacial score (nSPS) is 14.0. The predicted octanol–water partition coefficient (Wildman–Crippen LogP) is 3.08. The lowest BCUT2D eigenvalue weighted by Gasteiger charge is -2.07. The van der Waals surface area contributed by atoms with Gasteiger partial charge in [0.05, 0.1) is 6.61 Å². The van der Waals surface area contributed by atoms with Crippen LogP contribution in [0.15, 0.2) is 41.2 Å². The zero-order chi connectivity index (χ0) is 15.4. The Morgan fingerprint density at radius 3 is 2.59 bits per heavy atom. The number of rotatable bonds is 7. The summed E-state index contributed by atoms with van der Waals surface area (Å²) in [5, 5.41) is 3.36. The van der Waals surface area contributed by atoms with Crippen LogP contribution < -0.4 is 15.6 Å². The Morgan fingerprint density at radius 1 is 1.18 bits per heavy atom. The molecule has 2 aromatic rings. The van der Waals surface area contributed by atoms with Crippen molar-refractivity contribution in [3.05, 3.63) is 52.3 Å². The summed E-state index contributed by atoms with van der Waals surface area (Å²) in [7, 11) is 0. The van der Waals surface area contributed by atoms with Gasteiger partial charge in [-0.05, 0) is 55.2 Å². The van der Waals surface area contributed by atoms with Gasteiger partial charge in [-0.2, -0.15) is 0 Å². The van der Waals surface area contributed by atoms with Gasteiger partial charge >= 0.3 is 0 Å². The van der Waals surface area contributed by atoms with E-state index in [9.17, 15) is 4.79 Å². The lowest BCUT2D eigenvalue weighted by atomic mass is 10.1. The van der Waals surface area contributed by atoms with Crippen molar-refractivity contribution in [1.82, 2.24) is 10.3 Å². The van der Waals surface area contributed by atoms with Gasteiger partial charge in [-0.25, -0.2) is 0 Å². The van der Waals surface area contributed by atoms with Gasteiger partial charge in [0, 0.05) is 23.8 Å². The summed E-state index contributed by atoms with van der Waals surface area (Å²) >= 11 is 0. The second-order valence-electron chi connectivity index (χ2n) is 5.75. The Morgan fingerprint density at radius 2 is 1.95 bits per heavy atom. The number of benzene rings is 1. The summed E-state index contributed by atoms with van der Waals surface area (Å²) in [6.07, 6.45) is 3.44. The van der Waals surface area contributed by atoms with Crippen molar-refractivity contribution in [2.45, 2.75) is 38.8 Å². The van der Waals surface area contributed by atoms with E-state index in [4.69, 9.17) is 4.74 Å². The molecule has 4 nitrogen and oxygen atoms in total. The van der Waals surface area contributed by atoms with Crippen molar-refractivity contribution < 1.29 is 4.74 Å². The average Bonchev–Trinajstić information content (AvgIpc) is 3.36. The van der Waals surface area contributed by atoms with Crippen molar-refractivity contribution in [3.8, 4) is 17.0 Å². The summed E-state index contributed by atoms with van der Waals surface area (Å²) in [6.45, 7) is 3.45. The first-order valence-electron chi connectivity index (χ1n) is 7.95. The highest BCUT2D eigenvalue weighted by molar-refractivity contribution is 5.60. The van der Waals surface area contributed by atoms with Crippen LogP contribution in [0.25, 0.3) is 11.3 Å². The van der Waals surface area contributed by atoms with Crippen molar-refractivity contribution in [2.24, 2.45) is 0 Å². The van der Waals surface area contributed by atoms with Crippen molar-refractivity contribution >= 4 is 0 Å². The molecule has 116 valence electrons. The first kappa shape index (κ1) is 14.9. The van der Waals surface area contributed by atoms with Gasteiger partial charge < -0.3 is 15.0 Å². The molecular weight excluding hydrogens is 276 g/mol. The molecule has 0 atom stereocenters. The van der Waals surface area contributed by atoms with E-state index >= 15 is 0 Å². The van der Waals surface area contributed by atoms with E-state index in [2.05, 4.69) is 17.2 Å². The molecule has 22 heavy (non-hydrogen) atoms. The van der Waals surface area contributed by atoms with Crippen molar-refractivity contribution in [3.63, 3.8) is 0 Å². The van der Waals surface area contributed by atoms with E-state index in [0.29, 0.717) is 12.6 Å². The number of hydrogen-bond acceptors (Lipinski definition) is 3. The molecular formula is C18H22N2O2. The van der Waals surface area contributed by atoms with Crippen molar-refractivity contribution in [2.75, 3.05) is 6.61 Å². The maximum Gasteiger partial charge on any atom is 0.252 e. The maximum absolute atomic E-state index is 12.1. The highest BCUT2D eigenvalue weighted by Crippen LogP contribution is 2.21. The summed E-state index contributed by atoms with van der Waals surface area (Å²) in [6, 6.07) is 12.3. The van der Waals surface area contributed by atoms with Crippen LogP contribution in [0.2, 0.25) is 0 Å². The minimum atomic E-state index is -0.0167. The van der Waals surface area contributed by atoms with Gasteiger partial charge in [0.15, 0.2) is 0 Å². The maximum atomic E-state index is 12.1. The van der Waals surface area contributed by atoms with Crippen LogP contribution in [0.5, 0.6) is 5.75 Å². The highest BCUT2D eigenvalue weighted by Gasteiger charge is 2.20. The van der Waals surface area contributed by atoms with Crippen molar-refractivity contribution in [1.29, 1.82) is 0 Å². The van der Waals surface area contributed by atoms with E-state index < -0.39 is 0 Å². The molecule has 0 unspecified atom stereocenters. The minimum Gasteiger partial charge on any atom is -0.494 e. The van der Waals surface area contributed by atoms with Crippen LogP contribution in [0.3, 0.4) is 0 Å². The molecule has 2 N–H and O–H groups in total. The third-order valence-electron chi connectivity index (χ3n) is 3.79. The Hall–Kier alpha value is -2.07. The van der Waals surface area contributed by atoms with Gasteiger partial charge in [-0.15, -0.1) is 0 Å². The number of pyridine rings is 1. The third-order valence-corrected chi connectivity index (χ3v) is 3.79. The largest absolute Gasteiger partial charge is 0.494 e. The van der Waals surface area contributed by atoms with Gasteiger partial charge in [-0.1, -0.05) is 13.0 Å². The predicted molar refractivity (Wildman–Crippen MR) is 88.1 cm³/mol. The smallest absolute Gasteiger partial charge is 0.252 e. The van der Waals surface area contributed by atoms with E-state index in [1.165, 1.54) is 12.8 Å². The number of nitrogens with one attached hydrogen (secondary N) is 2. The Labute approximate surface area is 130 Å². The fraction of sp³-hybridized carbons (Fsp3) is 0.389. The molecule has 0 spiro atoms. The molecule has 1 aromatic heterocycles. The molecule has 1 aliphatic rings. The van der Waals surface area contributed by atoms with Gasteiger partial charge in [0.25, 0.3) is 5.56 Å². The third kappa shape index (κ3) is 3.77. The molecule has 0 aliphatic heterocycles. The highest BCUT2D eigenvalue weighted by atomic mass is 16.5. The van der Waals surface area contributed by atoms with Crippen LogP contribution in [-0.4, -0.2) is 17.6 Å². The zero-order valence-electron chi connectivity index (χ0n) is 12.9. The fourth-order valence-electron chi connectivity index (χ4n) is 2.30. The van der Waals surface area contributed by atoms with Crippen LogP contribution >= 0.6 is 0 Å². The number of aromatic nitrogens is 1. The van der Waals surface area contributed by atoms with E-state index in [1.807, 2.05) is 36.4 Å². The molecule has 4 heteroatoms. The fourth-order valence-corrected chi connectivity index (χ4v) is 2.30. The van der Waals surface area contributed by atoms with Crippen LogP contribution in [0.4, 0.5) is 0 Å². The number of ether oxygens (including phenoxy) is 1. The standard InChI is InChI=1S/C18H22N2O2/c1-2-11-22-16-8-3-13(4-9-16)17-10-5-14(18(21)20-17)12-19-15-6-7-15/h3-5,8-10,15,19H,2,6-7,11-12H2,1H3,(H,20,21). The van der Waals surface area contributed by atoms with Gasteiger partial charge in [-0.3, -0.25) is 4.79 Å². The minimum absolute atomic E-state index is 0.0167. The number of hydrogen-bond donors (Lipinski definition) is 2. The topological polar surface area (TPSA) is 54.1 Å². The summed E-state index contributed by atoms with van der Waals surface area (Å²) < 4.78 is 5.57. The second-order valence-corrected chi connectivity index (χ2v) is 5.75. The van der Waals surface area contributed by atoms with Crippen LogP contribution in [0.1, 0.15) is 31.7 Å². The molecule has 1 aliphatic carbocycles. The first-order valence-corrected chi connectivity index (χ1v) is 7.95. The monoisotopic (exact) mass is 298 g/mol. The molecule has 3 rings (SSSR count). The second kappa shape index (κ2) is 6.79. The molecule has 0 radical (unpaired) electrons. The molecule has 0 bridgehead atoms. The zero-order valence-corrected chi connectivity index (χ0v) is 12.9. The molecule has 0 amide bonds. The van der Waals surface area contributed by atoms with E-state index in [-0.39, 0.29) is 5.56 Å². The quantitative estimate of drug-likeness (QED) is 0.826. The Balaban J connectivity index is 1.70. The number of aromatic amines is 1. The van der Waals surface area contributed by atoms with Crippen LogP contribution in [-0.2, 0) is 6.54 Å². The van der Waals surface area contributed by atoms with E-state index in [0.717, 1.165) is 35.6 Å². The molecule has 1 heterocycles. The first-order chi connectivity index (χ1) is 10.8. The summed E-state index contributed by atoms with van der Waals surface area (Å²) in [4.78, 5) is 15.1. The van der Waals surface area contributed by atoms with Gasteiger partial charge in [0.1, 0.15) is 5.75 Å². The van der Waals surface area contributed by atoms with Crippen LogP contribution in [0, 0.1) is 0 Å². The van der Waals surface area contributed by atoms with Gasteiger partial charge in [0.2, 0.25) is 0 Å². The number of H-pyrrole nitrogens is 1. The molecule has 1 saturated carbocycles. The molecule has 0 saturated heterocycles.